The summed E-state index contributed by atoms with van der Waals surface area (Å²) in [5, 5.41) is 0. The molecule has 0 amide bonds. The summed E-state index contributed by atoms with van der Waals surface area (Å²) in [5.74, 6) is 3.74. The average Bonchev–Trinajstić information content (AvgIpc) is 3.09. The van der Waals surface area contributed by atoms with Gasteiger partial charge in [-0.25, -0.2) is 0 Å². The molecule has 9 aliphatic rings. The van der Waals surface area contributed by atoms with Gasteiger partial charge in [-0.05, 0) is 68.1 Å². The van der Waals surface area contributed by atoms with Gasteiger partial charge in [-0.3, -0.25) is 4.79 Å². The molecule has 4 heteroatoms. The van der Waals surface area contributed by atoms with Crippen molar-refractivity contribution in [3.05, 3.63) is 23.3 Å². The van der Waals surface area contributed by atoms with Crippen molar-refractivity contribution in [2.75, 3.05) is 19.8 Å². The zero-order valence-corrected chi connectivity index (χ0v) is 17.9. The van der Waals surface area contributed by atoms with Gasteiger partial charge in [0.25, 0.3) is 0 Å². The molecule has 2 bridgehead atoms. The molecule has 30 heavy (non-hydrogen) atoms. The summed E-state index contributed by atoms with van der Waals surface area (Å²) in [5.41, 5.74) is 2.99. The van der Waals surface area contributed by atoms with Crippen molar-refractivity contribution in [2.45, 2.75) is 63.3 Å². The lowest BCUT2D eigenvalue weighted by molar-refractivity contribution is -0.238. The van der Waals surface area contributed by atoms with Gasteiger partial charge in [-0.1, -0.05) is 30.2 Å². The van der Waals surface area contributed by atoms with Crippen LogP contribution in [0.5, 0.6) is 0 Å². The molecule has 160 valence electrons. The number of hydrogen-bond donors (Lipinski definition) is 0. The third kappa shape index (κ3) is 1.73. The molecule has 9 rings (SSSR count). The van der Waals surface area contributed by atoms with E-state index >= 15 is 0 Å². The lowest BCUT2D eigenvalue weighted by atomic mass is 9.44. The van der Waals surface area contributed by atoms with Crippen molar-refractivity contribution in [2.24, 2.45) is 46.8 Å². The van der Waals surface area contributed by atoms with Crippen molar-refractivity contribution in [3.8, 4) is 0 Å². The highest BCUT2D eigenvalue weighted by atomic mass is 16.7. The van der Waals surface area contributed by atoms with Crippen LogP contribution in [-0.2, 0) is 19.0 Å². The number of ketones is 1. The van der Waals surface area contributed by atoms with Crippen LogP contribution in [0.25, 0.3) is 0 Å². The Kier molecular flexibility index (Phi) is 3.12. The van der Waals surface area contributed by atoms with E-state index in [0.29, 0.717) is 42.0 Å². The summed E-state index contributed by atoms with van der Waals surface area (Å²) in [6.45, 7) is 4.66. The van der Waals surface area contributed by atoms with E-state index in [9.17, 15) is 4.79 Å². The molecule has 0 aromatic rings. The quantitative estimate of drug-likeness (QED) is 0.448. The molecule has 2 aliphatic heterocycles. The number of ether oxygens (including phenoxy) is 3. The van der Waals surface area contributed by atoms with Gasteiger partial charge in [0.1, 0.15) is 0 Å². The van der Waals surface area contributed by atoms with E-state index in [1.54, 1.807) is 11.1 Å². The van der Waals surface area contributed by atoms with E-state index in [1.165, 1.54) is 25.7 Å². The second-order valence-electron chi connectivity index (χ2n) is 11.7. The van der Waals surface area contributed by atoms with Gasteiger partial charge in [0.15, 0.2) is 17.2 Å². The Morgan fingerprint density at radius 2 is 1.87 bits per heavy atom. The first-order valence-corrected chi connectivity index (χ1v) is 12.5. The van der Waals surface area contributed by atoms with Gasteiger partial charge >= 0.3 is 0 Å². The minimum absolute atomic E-state index is 0.127. The molecule has 0 radical (unpaired) electrons. The Hall–Kier alpha value is -0.970. The number of hydrogen-bond acceptors (Lipinski definition) is 4. The summed E-state index contributed by atoms with van der Waals surface area (Å²) >= 11 is 0. The molecule has 2 saturated heterocycles. The minimum atomic E-state index is -0.437. The maximum atomic E-state index is 13.5. The predicted octanol–water partition coefficient (Wildman–Crippen LogP) is 4.05. The first-order valence-electron chi connectivity index (χ1n) is 12.5. The molecule has 7 aliphatic carbocycles. The molecule has 9 atom stereocenters. The summed E-state index contributed by atoms with van der Waals surface area (Å²) in [6, 6.07) is 0. The van der Waals surface area contributed by atoms with Crippen molar-refractivity contribution < 1.29 is 19.0 Å². The summed E-state index contributed by atoms with van der Waals surface area (Å²) < 4.78 is 18.7. The fourth-order valence-electron chi connectivity index (χ4n) is 10.1. The zero-order chi connectivity index (χ0) is 19.9. The molecule has 0 N–H and O–H groups in total. The number of Topliss-reactive ketones (excluding diaryl/α,β-unsaturated/α-hetero) is 1. The number of fused-ring (bicyclic) bond motifs is 4. The fraction of sp³-hybridized carbons (Fsp3) is 0.808. The maximum absolute atomic E-state index is 13.5. The maximum Gasteiger partial charge on any atom is 0.175 e. The van der Waals surface area contributed by atoms with Crippen LogP contribution in [0.1, 0.15) is 51.9 Å². The molecule has 8 unspecified atom stereocenters. The SMILES string of the molecule is C[C@]12CCC3C4=C(CCC3C1CCC21OCCO1)C1C(=O)C2(CO2)C4C2CC=CC12. The fourth-order valence-corrected chi connectivity index (χ4v) is 10.1. The highest BCUT2D eigenvalue weighted by Gasteiger charge is 2.73. The minimum Gasteiger partial charge on any atom is -0.361 e. The second-order valence-corrected chi connectivity index (χ2v) is 11.7. The van der Waals surface area contributed by atoms with Gasteiger partial charge < -0.3 is 14.2 Å². The smallest absolute Gasteiger partial charge is 0.175 e. The first kappa shape index (κ1) is 17.6. The van der Waals surface area contributed by atoms with Crippen molar-refractivity contribution in [1.29, 1.82) is 0 Å². The van der Waals surface area contributed by atoms with E-state index < -0.39 is 5.60 Å². The van der Waals surface area contributed by atoms with Crippen LogP contribution in [0.4, 0.5) is 0 Å². The van der Waals surface area contributed by atoms with Crippen molar-refractivity contribution >= 4 is 5.78 Å². The third-order valence-corrected chi connectivity index (χ3v) is 11.2. The van der Waals surface area contributed by atoms with Gasteiger partial charge in [-0.15, -0.1) is 0 Å². The number of allylic oxidation sites excluding steroid dienone is 3. The normalized spacial score (nSPS) is 56.4. The topological polar surface area (TPSA) is 48.1 Å². The molecule has 0 aromatic carbocycles. The monoisotopic (exact) mass is 408 g/mol. The van der Waals surface area contributed by atoms with Gasteiger partial charge in [0, 0.05) is 23.7 Å². The van der Waals surface area contributed by atoms with Gasteiger partial charge in [-0.2, -0.15) is 0 Å². The van der Waals surface area contributed by atoms with Gasteiger partial charge in [0.2, 0.25) is 0 Å². The first-order chi connectivity index (χ1) is 14.6. The lowest BCUT2D eigenvalue weighted by Crippen LogP contribution is -2.60. The zero-order valence-electron chi connectivity index (χ0n) is 17.9. The summed E-state index contributed by atoms with van der Waals surface area (Å²) in [4.78, 5) is 13.5. The van der Waals surface area contributed by atoms with E-state index in [2.05, 4.69) is 19.1 Å². The number of carbonyl (C=O) groups is 1. The molecule has 4 nitrogen and oxygen atoms in total. The van der Waals surface area contributed by atoms with E-state index in [-0.39, 0.29) is 17.1 Å². The Morgan fingerprint density at radius 1 is 1.03 bits per heavy atom. The largest absolute Gasteiger partial charge is 0.361 e. The van der Waals surface area contributed by atoms with Crippen LogP contribution in [-0.4, -0.2) is 37.0 Å². The van der Waals surface area contributed by atoms with Crippen LogP contribution in [0.2, 0.25) is 0 Å². The number of carbonyl (C=O) groups excluding carboxylic acids is 1. The molecule has 3 saturated carbocycles. The number of rotatable bonds is 0. The molecular weight excluding hydrogens is 376 g/mol. The van der Waals surface area contributed by atoms with Crippen LogP contribution >= 0.6 is 0 Å². The Balaban J connectivity index is 1.22. The lowest BCUT2D eigenvalue weighted by Gasteiger charge is -2.59. The van der Waals surface area contributed by atoms with Gasteiger partial charge in [0.05, 0.1) is 19.8 Å². The molecule has 0 aromatic heterocycles. The standard InChI is InChI=1S/C26H32O4/c1-24-9-7-16-14(19(24)8-10-26(24)28-11-12-29-26)5-6-18-20(16)22-17-4-2-3-15(17)21(18)23(27)25(22)13-30-25/h2-3,14-17,19,21-22H,4-13H2,1H3/t14?,15?,16?,17?,19?,21?,22?,24-,25?/m0/s1. The molecule has 5 fully saturated rings. The highest BCUT2D eigenvalue weighted by Crippen LogP contribution is 2.71. The predicted molar refractivity (Wildman–Crippen MR) is 109 cm³/mol. The Bertz CT molecular complexity index is 906. The third-order valence-electron chi connectivity index (χ3n) is 11.2. The van der Waals surface area contributed by atoms with E-state index in [1.807, 2.05) is 0 Å². The summed E-state index contributed by atoms with van der Waals surface area (Å²) in [6.07, 6.45) is 13.0. The highest BCUT2D eigenvalue weighted by molar-refractivity contribution is 5.98. The molecule has 2 spiro atoms. The van der Waals surface area contributed by atoms with Crippen LogP contribution in [0.15, 0.2) is 23.3 Å². The van der Waals surface area contributed by atoms with Crippen molar-refractivity contribution in [3.63, 3.8) is 0 Å². The van der Waals surface area contributed by atoms with Crippen LogP contribution in [0, 0.1) is 46.8 Å². The Labute approximate surface area is 178 Å². The summed E-state index contributed by atoms with van der Waals surface area (Å²) in [7, 11) is 0. The van der Waals surface area contributed by atoms with Crippen molar-refractivity contribution in [1.82, 2.24) is 0 Å². The molecule has 2 heterocycles. The Morgan fingerprint density at radius 3 is 2.67 bits per heavy atom. The average molecular weight is 409 g/mol. The van der Waals surface area contributed by atoms with E-state index in [0.717, 1.165) is 38.4 Å². The second kappa shape index (κ2) is 5.32. The van der Waals surface area contributed by atoms with Crippen LogP contribution < -0.4 is 0 Å². The molecular formula is C26H32O4. The van der Waals surface area contributed by atoms with Crippen LogP contribution in [0.3, 0.4) is 0 Å². The van der Waals surface area contributed by atoms with E-state index in [4.69, 9.17) is 14.2 Å². The number of epoxide rings is 1.